The third kappa shape index (κ3) is 4.20. The molecule has 0 radical (unpaired) electrons. The van der Waals surface area contributed by atoms with Crippen molar-refractivity contribution in [2.45, 2.75) is 59.0 Å². The summed E-state index contributed by atoms with van der Waals surface area (Å²) in [6.07, 6.45) is 8.19. The molecule has 142 valence electrons. The largest absolute Gasteiger partial charge is 0.465 e. The number of carbonyl (C=O) groups excluding carboxylic acids is 1. The molecule has 26 heavy (non-hydrogen) atoms. The van der Waals surface area contributed by atoms with E-state index in [4.69, 9.17) is 17.0 Å². The van der Waals surface area contributed by atoms with E-state index in [0.29, 0.717) is 5.17 Å². The van der Waals surface area contributed by atoms with E-state index >= 15 is 0 Å². The molecule has 1 fully saturated rings. The minimum Gasteiger partial charge on any atom is -0.465 e. The molecule has 1 heterocycles. The Kier molecular flexibility index (Phi) is 5.56. The van der Waals surface area contributed by atoms with Gasteiger partial charge in [0.2, 0.25) is 0 Å². The minimum atomic E-state index is -0.264. The number of ketones is 1. The Labute approximate surface area is 162 Å². The molecule has 1 aliphatic heterocycles. The van der Waals surface area contributed by atoms with Crippen LogP contribution in [0.5, 0.6) is 0 Å². The number of carbonyl (C=O) groups is 1. The first kappa shape index (κ1) is 19.2. The number of thiocarbonyl (C=S) groups is 1. The Hall–Kier alpha value is -1.62. The average Bonchev–Trinajstić information content (AvgIpc) is 2.60. The number of Topliss-reactive ketones (excluding diaryl/α,β-unsaturated/α-hetero) is 1. The third-order valence-corrected chi connectivity index (χ3v) is 5.66. The maximum Gasteiger partial charge on any atom is 0.259 e. The highest BCUT2D eigenvalue weighted by atomic mass is 32.1. The van der Waals surface area contributed by atoms with Crippen molar-refractivity contribution < 1.29 is 9.53 Å². The lowest BCUT2D eigenvalue weighted by Crippen LogP contribution is -2.49. The fourth-order valence-electron chi connectivity index (χ4n) is 3.85. The van der Waals surface area contributed by atoms with Gasteiger partial charge in [0.05, 0.1) is 0 Å². The van der Waals surface area contributed by atoms with E-state index in [0.717, 1.165) is 68.7 Å². The first-order valence-corrected chi connectivity index (χ1v) is 10.0. The summed E-state index contributed by atoms with van der Waals surface area (Å²) in [7, 11) is 0. The molecule has 0 aromatic heterocycles. The smallest absolute Gasteiger partial charge is 0.259 e. The van der Waals surface area contributed by atoms with Gasteiger partial charge in [-0.3, -0.25) is 4.79 Å². The van der Waals surface area contributed by atoms with Gasteiger partial charge in [0.1, 0.15) is 5.60 Å². The zero-order chi connectivity index (χ0) is 18.9. The average molecular weight is 375 g/mol. The van der Waals surface area contributed by atoms with Crippen molar-refractivity contribution >= 4 is 23.2 Å². The number of piperazine rings is 1. The van der Waals surface area contributed by atoms with Gasteiger partial charge in [0.15, 0.2) is 5.78 Å². The SMILES string of the molecule is CC(=C1CCC2=C(C=CCC2)C1=O)N1CCN(C(=S)OC(C)(C)C)CC1. The van der Waals surface area contributed by atoms with E-state index in [1.165, 1.54) is 5.57 Å². The number of nitrogens with zero attached hydrogens (tertiary/aromatic N) is 2. The summed E-state index contributed by atoms with van der Waals surface area (Å²) in [4.78, 5) is 17.4. The molecule has 0 unspecified atom stereocenters. The summed E-state index contributed by atoms with van der Waals surface area (Å²) < 4.78 is 5.82. The second kappa shape index (κ2) is 7.55. The Morgan fingerprint density at radius 2 is 1.73 bits per heavy atom. The molecular formula is C21H30N2O2S. The molecule has 0 aromatic carbocycles. The summed E-state index contributed by atoms with van der Waals surface area (Å²) in [5.41, 5.74) is 4.18. The topological polar surface area (TPSA) is 32.8 Å². The summed E-state index contributed by atoms with van der Waals surface area (Å²) in [6, 6.07) is 0. The molecule has 4 nitrogen and oxygen atoms in total. The highest BCUT2D eigenvalue weighted by Gasteiger charge is 2.29. The van der Waals surface area contributed by atoms with Gasteiger partial charge in [-0.25, -0.2) is 0 Å². The van der Waals surface area contributed by atoms with Crippen molar-refractivity contribution in [3.8, 4) is 0 Å². The first-order valence-electron chi connectivity index (χ1n) is 9.62. The second-order valence-electron chi connectivity index (χ2n) is 8.31. The number of hydrogen-bond donors (Lipinski definition) is 0. The standard InChI is InChI=1S/C21H30N2O2S/c1-15(17-10-9-16-7-5-6-8-18(16)19(17)24)22-11-13-23(14-12-22)20(26)25-21(2,3)4/h6,8H,5,7,9-14H2,1-4H3. The Morgan fingerprint density at radius 3 is 2.38 bits per heavy atom. The van der Waals surface area contributed by atoms with Crippen LogP contribution in [0.3, 0.4) is 0 Å². The van der Waals surface area contributed by atoms with Crippen LogP contribution in [0.1, 0.15) is 53.4 Å². The first-order chi connectivity index (χ1) is 12.3. The van der Waals surface area contributed by atoms with E-state index < -0.39 is 0 Å². The van der Waals surface area contributed by atoms with E-state index in [9.17, 15) is 4.79 Å². The normalized spacial score (nSPS) is 23.2. The van der Waals surface area contributed by atoms with E-state index in [2.05, 4.69) is 22.8 Å². The van der Waals surface area contributed by atoms with Gasteiger partial charge in [-0.2, -0.15) is 0 Å². The predicted octanol–water partition coefficient (Wildman–Crippen LogP) is 3.99. The fraction of sp³-hybridized carbons (Fsp3) is 0.619. The van der Waals surface area contributed by atoms with Gasteiger partial charge in [-0.05, 0) is 65.6 Å². The van der Waals surface area contributed by atoms with Crippen LogP contribution in [0.15, 0.2) is 34.6 Å². The van der Waals surface area contributed by atoms with Crippen molar-refractivity contribution in [2.75, 3.05) is 26.2 Å². The number of rotatable bonds is 1. The monoisotopic (exact) mass is 374 g/mol. The van der Waals surface area contributed by atoms with Crippen LogP contribution in [0.2, 0.25) is 0 Å². The number of hydrogen-bond acceptors (Lipinski definition) is 4. The third-order valence-electron chi connectivity index (χ3n) is 5.32. The maximum absolute atomic E-state index is 12.9. The lowest BCUT2D eigenvalue weighted by molar-refractivity contribution is -0.112. The maximum atomic E-state index is 12.9. The van der Waals surface area contributed by atoms with Crippen LogP contribution < -0.4 is 0 Å². The highest BCUT2D eigenvalue weighted by Crippen LogP contribution is 2.34. The summed E-state index contributed by atoms with van der Waals surface area (Å²) in [5, 5.41) is 0.582. The number of allylic oxidation sites excluding steroid dienone is 6. The van der Waals surface area contributed by atoms with Crippen molar-refractivity contribution in [2.24, 2.45) is 0 Å². The summed E-state index contributed by atoms with van der Waals surface area (Å²) in [5.74, 6) is 0.244. The highest BCUT2D eigenvalue weighted by molar-refractivity contribution is 7.80. The predicted molar refractivity (Wildman–Crippen MR) is 109 cm³/mol. The van der Waals surface area contributed by atoms with Crippen LogP contribution in [0.4, 0.5) is 0 Å². The fourth-order valence-corrected chi connectivity index (χ4v) is 4.28. The van der Waals surface area contributed by atoms with Crippen molar-refractivity contribution in [3.63, 3.8) is 0 Å². The summed E-state index contributed by atoms with van der Waals surface area (Å²) in [6.45, 7) is 11.6. The molecule has 0 saturated carbocycles. The Bertz CT molecular complexity index is 689. The van der Waals surface area contributed by atoms with Gasteiger partial charge in [-0.1, -0.05) is 17.7 Å². The van der Waals surface area contributed by atoms with Gasteiger partial charge < -0.3 is 14.5 Å². The zero-order valence-electron chi connectivity index (χ0n) is 16.4. The van der Waals surface area contributed by atoms with E-state index in [1.54, 1.807) is 0 Å². The van der Waals surface area contributed by atoms with Crippen LogP contribution in [-0.4, -0.2) is 52.5 Å². The van der Waals surface area contributed by atoms with Crippen LogP contribution in [0, 0.1) is 0 Å². The van der Waals surface area contributed by atoms with Crippen LogP contribution in [0.25, 0.3) is 0 Å². The molecule has 0 spiro atoms. The van der Waals surface area contributed by atoms with Crippen LogP contribution in [-0.2, 0) is 9.53 Å². The molecule has 5 heteroatoms. The molecule has 1 saturated heterocycles. The molecule has 3 aliphatic rings. The number of ether oxygens (including phenoxy) is 1. The molecule has 0 bridgehead atoms. The summed E-state index contributed by atoms with van der Waals surface area (Å²) >= 11 is 5.44. The lowest BCUT2D eigenvalue weighted by atomic mass is 9.81. The molecule has 2 aliphatic carbocycles. The van der Waals surface area contributed by atoms with Crippen molar-refractivity contribution in [1.29, 1.82) is 0 Å². The molecule has 0 N–H and O–H groups in total. The van der Waals surface area contributed by atoms with E-state index in [-0.39, 0.29) is 11.4 Å². The lowest BCUT2D eigenvalue weighted by Gasteiger charge is -2.39. The quantitative estimate of drug-likeness (QED) is 0.512. The van der Waals surface area contributed by atoms with Gasteiger partial charge in [0, 0.05) is 43.0 Å². The molecule has 0 amide bonds. The van der Waals surface area contributed by atoms with Gasteiger partial charge in [0.25, 0.3) is 5.17 Å². The Balaban J connectivity index is 1.65. The van der Waals surface area contributed by atoms with Crippen molar-refractivity contribution in [1.82, 2.24) is 9.80 Å². The molecule has 3 rings (SSSR count). The molecule has 0 atom stereocenters. The van der Waals surface area contributed by atoms with Crippen molar-refractivity contribution in [3.05, 3.63) is 34.6 Å². The minimum absolute atomic E-state index is 0.244. The second-order valence-corrected chi connectivity index (χ2v) is 8.66. The van der Waals surface area contributed by atoms with Crippen LogP contribution >= 0.6 is 12.2 Å². The molecular weight excluding hydrogens is 344 g/mol. The van der Waals surface area contributed by atoms with Gasteiger partial charge in [-0.15, -0.1) is 0 Å². The zero-order valence-corrected chi connectivity index (χ0v) is 17.2. The van der Waals surface area contributed by atoms with Gasteiger partial charge >= 0.3 is 0 Å². The van der Waals surface area contributed by atoms with E-state index in [1.807, 2.05) is 26.8 Å². The molecule has 0 aromatic rings. The Morgan fingerprint density at radius 1 is 1.08 bits per heavy atom.